The van der Waals surface area contributed by atoms with Crippen LogP contribution < -0.4 is 10.5 Å². The van der Waals surface area contributed by atoms with Crippen LogP contribution in [0.3, 0.4) is 0 Å². The molecule has 1 unspecified atom stereocenters. The van der Waals surface area contributed by atoms with Crippen LogP contribution in [-0.2, 0) is 6.42 Å². The molecule has 0 saturated heterocycles. The second-order valence-corrected chi connectivity index (χ2v) is 5.31. The van der Waals surface area contributed by atoms with E-state index >= 15 is 0 Å². The van der Waals surface area contributed by atoms with Gasteiger partial charge in [0.15, 0.2) is 0 Å². The zero-order valence-corrected chi connectivity index (χ0v) is 12.2. The summed E-state index contributed by atoms with van der Waals surface area (Å²) in [5.74, 6) is 0.896. The van der Waals surface area contributed by atoms with Crippen LogP contribution in [0, 0.1) is 11.3 Å². The van der Waals surface area contributed by atoms with Gasteiger partial charge in [-0.1, -0.05) is 15.9 Å². The van der Waals surface area contributed by atoms with E-state index in [9.17, 15) is 0 Å². The summed E-state index contributed by atoms with van der Waals surface area (Å²) in [5.41, 5.74) is 6.96. The number of halogens is 1. The molecule has 0 bridgehead atoms. The molecule has 0 amide bonds. The number of hydrogen-bond acceptors (Lipinski definition) is 3. The Morgan fingerprint density at radius 2 is 2.22 bits per heavy atom. The molecule has 18 heavy (non-hydrogen) atoms. The van der Waals surface area contributed by atoms with Gasteiger partial charge in [0.2, 0.25) is 0 Å². The highest BCUT2D eigenvalue weighted by atomic mass is 79.9. The van der Waals surface area contributed by atoms with Crippen LogP contribution >= 0.6 is 15.9 Å². The van der Waals surface area contributed by atoms with Crippen LogP contribution in [0.4, 0.5) is 0 Å². The topological polar surface area (TPSA) is 59.0 Å². The fraction of sp³-hybridized carbons (Fsp3) is 0.500. The summed E-state index contributed by atoms with van der Waals surface area (Å²) in [5, 5.41) is 8.45. The van der Waals surface area contributed by atoms with Gasteiger partial charge in [-0.2, -0.15) is 5.26 Å². The Balaban J connectivity index is 2.55. The highest BCUT2D eigenvalue weighted by molar-refractivity contribution is 9.10. The third kappa shape index (κ3) is 5.52. The molecule has 0 heterocycles. The first-order valence-electron chi connectivity index (χ1n) is 6.17. The number of hydrogen-bond donors (Lipinski definition) is 1. The van der Waals surface area contributed by atoms with E-state index in [2.05, 4.69) is 22.0 Å². The number of nitrogens with zero attached hydrogens (tertiary/aromatic N) is 1. The average Bonchev–Trinajstić information content (AvgIpc) is 2.30. The Bertz CT molecular complexity index is 413. The van der Waals surface area contributed by atoms with Crippen molar-refractivity contribution in [2.75, 3.05) is 6.61 Å². The van der Waals surface area contributed by atoms with Crippen molar-refractivity contribution < 1.29 is 4.74 Å². The predicted octanol–water partition coefficient (Wildman–Crippen LogP) is 3.41. The van der Waals surface area contributed by atoms with Crippen molar-refractivity contribution in [3.63, 3.8) is 0 Å². The summed E-state index contributed by atoms with van der Waals surface area (Å²) in [7, 11) is 0. The third-order valence-electron chi connectivity index (χ3n) is 2.50. The highest BCUT2D eigenvalue weighted by Crippen LogP contribution is 2.24. The minimum absolute atomic E-state index is 0.111. The lowest BCUT2D eigenvalue weighted by molar-refractivity contribution is 0.304. The first kappa shape index (κ1) is 15.0. The number of nitrogens with two attached hydrogens (primary N) is 1. The van der Waals surface area contributed by atoms with Crippen molar-refractivity contribution in [3.8, 4) is 11.8 Å². The molecule has 98 valence electrons. The van der Waals surface area contributed by atoms with Gasteiger partial charge in [-0.15, -0.1) is 0 Å². The van der Waals surface area contributed by atoms with Crippen LogP contribution in [0.5, 0.6) is 5.75 Å². The second-order valence-electron chi connectivity index (χ2n) is 4.40. The van der Waals surface area contributed by atoms with Gasteiger partial charge in [0.25, 0.3) is 0 Å². The van der Waals surface area contributed by atoms with E-state index < -0.39 is 0 Å². The lowest BCUT2D eigenvalue weighted by Gasteiger charge is -2.13. The minimum atomic E-state index is 0.111. The van der Waals surface area contributed by atoms with E-state index in [1.165, 1.54) is 0 Å². The van der Waals surface area contributed by atoms with Gasteiger partial charge in [-0.3, -0.25) is 0 Å². The quantitative estimate of drug-likeness (QED) is 0.785. The Kier molecular flexibility index (Phi) is 6.77. The maximum Gasteiger partial charge on any atom is 0.122 e. The van der Waals surface area contributed by atoms with Gasteiger partial charge in [0.05, 0.1) is 12.7 Å². The predicted molar refractivity (Wildman–Crippen MR) is 76.5 cm³/mol. The minimum Gasteiger partial charge on any atom is -0.493 e. The average molecular weight is 311 g/mol. The molecule has 4 heteroatoms. The molecule has 3 nitrogen and oxygen atoms in total. The van der Waals surface area contributed by atoms with Crippen molar-refractivity contribution in [1.82, 2.24) is 0 Å². The lowest BCUT2D eigenvalue weighted by Crippen LogP contribution is -2.18. The SMILES string of the molecule is CC(N)Cc1cc(Br)ccc1OCCCCC#N. The Morgan fingerprint density at radius 3 is 2.89 bits per heavy atom. The molecule has 1 aromatic rings. The van der Waals surface area contributed by atoms with E-state index in [0.717, 1.165) is 35.0 Å². The molecule has 1 rings (SSSR count). The Morgan fingerprint density at radius 1 is 1.44 bits per heavy atom. The van der Waals surface area contributed by atoms with Crippen LogP contribution in [0.15, 0.2) is 22.7 Å². The van der Waals surface area contributed by atoms with Crippen molar-refractivity contribution in [3.05, 3.63) is 28.2 Å². The number of unbranched alkanes of at least 4 members (excludes halogenated alkanes) is 2. The summed E-state index contributed by atoms with van der Waals surface area (Å²) in [6.45, 7) is 2.63. The normalized spacial score (nSPS) is 11.9. The van der Waals surface area contributed by atoms with E-state index in [1.54, 1.807) is 0 Å². The molecule has 0 aliphatic heterocycles. The maximum atomic E-state index is 8.45. The maximum absolute atomic E-state index is 8.45. The number of rotatable bonds is 7. The van der Waals surface area contributed by atoms with Crippen molar-refractivity contribution in [1.29, 1.82) is 5.26 Å². The third-order valence-corrected chi connectivity index (χ3v) is 3.00. The Labute approximate surface area is 117 Å². The summed E-state index contributed by atoms with van der Waals surface area (Å²) < 4.78 is 6.79. The first-order valence-corrected chi connectivity index (χ1v) is 6.96. The van der Waals surface area contributed by atoms with E-state index in [1.807, 2.05) is 25.1 Å². The van der Waals surface area contributed by atoms with Crippen LogP contribution in [0.2, 0.25) is 0 Å². The summed E-state index contributed by atoms with van der Waals surface area (Å²) in [4.78, 5) is 0. The molecular weight excluding hydrogens is 292 g/mol. The number of nitriles is 1. The van der Waals surface area contributed by atoms with Gasteiger partial charge in [0.1, 0.15) is 5.75 Å². The Hall–Kier alpha value is -1.05. The van der Waals surface area contributed by atoms with Crippen LogP contribution in [0.1, 0.15) is 31.7 Å². The van der Waals surface area contributed by atoms with Crippen LogP contribution in [-0.4, -0.2) is 12.6 Å². The molecular formula is C14H19BrN2O. The zero-order chi connectivity index (χ0) is 13.4. The molecule has 0 aromatic heterocycles. The van der Waals surface area contributed by atoms with Crippen LogP contribution in [0.25, 0.3) is 0 Å². The van der Waals surface area contributed by atoms with Crippen molar-refractivity contribution in [2.24, 2.45) is 5.73 Å². The fourth-order valence-electron chi connectivity index (χ4n) is 1.68. The van der Waals surface area contributed by atoms with Gasteiger partial charge in [-0.05, 0) is 49.9 Å². The largest absolute Gasteiger partial charge is 0.493 e. The fourth-order valence-corrected chi connectivity index (χ4v) is 2.09. The van der Waals surface area contributed by atoms with Crippen molar-refractivity contribution >= 4 is 15.9 Å². The summed E-state index contributed by atoms with van der Waals surface area (Å²) >= 11 is 3.46. The lowest BCUT2D eigenvalue weighted by atomic mass is 10.1. The van der Waals surface area contributed by atoms with Gasteiger partial charge < -0.3 is 10.5 Å². The smallest absolute Gasteiger partial charge is 0.122 e. The van der Waals surface area contributed by atoms with Gasteiger partial charge in [-0.25, -0.2) is 0 Å². The molecule has 0 saturated carbocycles. The molecule has 0 aliphatic rings. The summed E-state index contributed by atoms with van der Waals surface area (Å²) in [6, 6.07) is 8.23. The van der Waals surface area contributed by atoms with Crippen molar-refractivity contribution in [2.45, 2.75) is 38.6 Å². The van der Waals surface area contributed by atoms with E-state index in [0.29, 0.717) is 13.0 Å². The van der Waals surface area contributed by atoms with Gasteiger partial charge >= 0.3 is 0 Å². The highest BCUT2D eigenvalue weighted by Gasteiger charge is 2.07. The number of ether oxygens (including phenoxy) is 1. The molecule has 0 fully saturated rings. The van der Waals surface area contributed by atoms with E-state index in [-0.39, 0.29) is 6.04 Å². The van der Waals surface area contributed by atoms with E-state index in [4.69, 9.17) is 15.7 Å². The summed E-state index contributed by atoms with van der Waals surface area (Å²) in [6.07, 6.45) is 3.18. The molecule has 1 aromatic carbocycles. The molecule has 0 spiro atoms. The molecule has 2 N–H and O–H groups in total. The van der Waals surface area contributed by atoms with Gasteiger partial charge in [0, 0.05) is 16.9 Å². The zero-order valence-electron chi connectivity index (χ0n) is 10.7. The molecule has 0 aliphatic carbocycles. The second kappa shape index (κ2) is 8.12. The molecule has 0 radical (unpaired) electrons. The first-order chi connectivity index (χ1) is 8.63. The number of benzene rings is 1. The molecule has 1 atom stereocenters. The standard InChI is InChI=1S/C14H19BrN2O/c1-11(17)9-12-10-13(15)5-6-14(12)18-8-4-2-3-7-16/h5-6,10-11H,2-4,8-9,17H2,1H3. The monoisotopic (exact) mass is 310 g/mol.